The van der Waals surface area contributed by atoms with Crippen LogP contribution in [0, 0.1) is 0 Å². The number of carbonyl (C=O) groups is 2. The van der Waals surface area contributed by atoms with Crippen LogP contribution in [0.5, 0.6) is 0 Å². The molecular formula is C27H23F3N4O3S. The Hall–Kier alpha value is -4.12. The van der Waals surface area contributed by atoms with Gasteiger partial charge in [0.2, 0.25) is 11.8 Å². The highest BCUT2D eigenvalue weighted by Crippen LogP contribution is 2.33. The van der Waals surface area contributed by atoms with Crippen LogP contribution in [0.3, 0.4) is 0 Å². The second kappa shape index (κ2) is 12.0. The van der Waals surface area contributed by atoms with E-state index < -0.39 is 22.9 Å². The topological polar surface area (TPSA) is 87.3 Å². The van der Waals surface area contributed by atoms with Gasteiger partial charge in [0.1, 0.15) is 11.0 Å². The van der Waals surface area contributed by atoms with Crippen molar-refractivity contribution in [1.29, 1.82) is 0 Å². The molecule has 4 rings (SSSR count). The fourth-order valence-electron chi connectivity index (χ4n) is 3.59. The van der Waals surface area contributed by atoms with Gasteiger partial charge in [-0.15, -0.1) is 5.10 Å². The molecule has 11 heteroatoms. The minimum absolute atomic E-state index is 0.00752. The van der Waals surface area contributed by atoms with Crippen molar-refractivity contribution in [1.82, 2.24) is 4.90 Å². The van der Waals surface area contributed by atoms with Gasteiger partial charge < -0.3 is 9.73 Å². The van der Waals surface area contributed by atoms with Crippen LogP contribution < -0.4 is 5.32 Å². The van der Waals surface area contributed by atoms with Gasteiger partial charge in [0.05, 0.1) is 24.6 Å². The molecule has 2 aromatic carbocycles. The number of amides is 2. The Kier molecular flexibility index (Phi) is 8.47. The first-order valence-corrected chi connectivity index (χ1v) is 12.4. The molecule has 7 nitrogen and oxygen atoms in total. The maximum absolute atomic E-state index is 13.1. The normalized spacial score (nSPS) is 17.5. The number of hydrogen-bond acceptors (Lipinski definition) is 6. The number of alkyl halides is 3. The number of carbonyl (C=O) groups excluding carboxylic acids is 2. The molecule has 1 fully saturated rings. The molecule has 38 heavy (non-hydrogen) atoms. The van der Waals surface area contributed by atoms with Gasteiger partial charge in [0, 0.05) is 12.1 Å². The van der Waals surface area contributed by atoms with E-state index in [1.807, 2.05) is 43.3 Å². The van der Waals surface area contributed by atoms with Gasteiger partial charge in [-0.05, 0) is 48.4 Å². The lowest BCUT2D eigenvalue weighted by Gasteiger charge is -2.14. The minimum Gasteiger partial charge on any atom is -0.467 e. The summed E-state index contributed by atoms with van der Waals surface area (Å²) in [5.41, 5.74) is 0.951. The molecule has 2 heterocycles. The van der Waals surface area contributed by atoms with Crippen molar-refractivity contribution in [2.45, 2.75) is 31.3 Å². The minimum atomic E-state index is -4.54. The van der Waals surface area contributed by atoms with Gasteiger partial charge in [-0.1, -0.05) is 54.2 Å². The number of nitrogens with zero attached hydrogens (tertiary/aromatic N) is 3. The second-order valence-electron chi connectivity index (χ2n) is 8.37. The third-order valence-corrected chi connectivity index (χ3v) is 6.52. The lowest BCUT2D eigenvalue weighted by atomic mass is 10.1. The van der Waals surface area contributed by atoms with Crippen molar-refractivity contribution in [2.75, 3.05) is 5.32 Å². The third kappa shape index (κ3) is 7.22. The number of hydrogen-bond donors (Lipinski definition) is 1. The first kappa shape index (κ1) is 26.9. The van der Waals surface area contributed by atoms with Crippen molar-refractivity contribution in [3.63, 3.8) is 0 Å². The van der Waals surface area contributed by atoms with Crippen LogP contribution in [0.25, 0.3) is 6.08 Å². The first-order chi connectivity index (χ1) is 18.2. The first-order valence-electron chi connectivity index (χ1n) is 11.5. The molecule has 0 spiro atoms. The Morgan fingerprint density at radius 3 is 2.63 bits per heavy atom. The maximum Gasteiger partial charge on any atom is 0.416 e. The molecule has 1 aliphatic rings. The Labute approximate surface area is 221 Å². The summed E-state index contributed by atoms with van der Waals surface area (Å²) in [5, 5.41) is 10.2. The molecule has 1 N–H and O–H groups in total. The van der Waals surface area contributed by atoms with Crippen LogP contribution in [0.4, 0.5) is 18.9 Å². The van der Waals surface area contributed by atoms with Crippen LogP contribution in [-0.2, 0) is 22.3 Å². The maximum atomic E-state index is 13.1. The van der Waals surface area contributed by atoms with Crippen LogP contribution in [0.15, 0.2) is 93.2 Å². The van der Waals surface area contributed by atoms with E-state index in [2.05, 4.69) is 15.5 Å². The zero-order valence-corrected chi connectivity index (χ0v) is 21.0. The lowest BCUT2D eigenvalue weighted by Crippen LogP contribution is -2.33. The summed E-state index contributed by atoms with van der Waals surface area (Å²) in [6.45, 7) is 1.96. The summed E-state index contributed by atoms with van der Waals surface area (Å²) in [5.74, 6) is -0.458. The molecule has 0 saturated carbocycles. The molecule has 1 aromatic heterocycles. The molecule has 2 amide bonds. The fraction of sp³-hybridized carbons (Fsp3) is 0.185. The molecule has 0 bridgehead atoms. The van der Waals surface area contributed by atoms with Crippen molar-refractivity contribution in [2.24, 2.45) is 10.2 Å². The number of furan rings is 1. The Morgan fingerprint density at radius 1 is 1.13 bits per heavy atom. The van der Waals surface area contributed by atoms with Gasteiger partial charge in [0.15, 0.2) is 5.17 Å². The number of halogens is 3. The van der Waals surface area contributed by atoms with E-state index in [9.17, 15) is 22.8 Å². The molecule has 1 unspecified atom stereocenters. The van der Waals surface area contributed by atoms with Gasteiger partial charge in [-0.3, -0.25) is 14.5 Å². The standard InChI is InChI=1S/C27H23F3N4O3S/c1-18(13-19-7-3-2-4-8-19)16-31-33-26-34(17-22-11-6-12-37-22)25(36)23(38-26)15-24(35)32-21-10-5-9-20(14-21)27(28,29)30/h2-14,16,23H,15,17H2,1H3,(H,32,35). The van der Waals surface area contributed by atoms with Crippen molar-refractivity contribution < 1.29 is 27.2 Å². The highest BCUT2D eigenvalue weighted by molar-refractivity contribution is 8.15. The number of thioether (sulfide) groups is 1. The SMILES string of the molecule is CC(C=NN=C1SC(CC(=O)Nc2cccc(C(F)(F)F)c2)C(=O)N1Cc1ccco1)=Cc1ccccc1. The van der Waals surface area contributed by atoms with Gasteiger partial charge in [-0.2, -0.15) is 18.3 Å². The predicted molar refractivity (Wildman–Crippen MR) is 141 cm³/mol. The van der Waals surface area contributed by atoms with Gasteiger partial charge >= 0.3 is 6.18 Å². The summed E-state index contributed by atoms with van der Waals surface area (Å²) in [4.78, 5) is 27.1. The van der Waals surface area contributed by atoms with E-state index in [-0.39, 0.29) is 29.7 Å². The molecule has 1 atom stereocenters. The summed E-state index contributed by atoms with van der Waals surface area (Å²) in [6.07, 6.45) is 0.173. The number of anilines is 1. The third-order valence-electron chi connectivity index (χ3n) is 5.36. The van der Waals surface area contributed by atoms with E-state index in [0.717, 1.165) is 35.0 Å². The quantitative estimate of drug-likeness (QED) is 0.272. The average molecular weight is 541 g/mol. The highest BCUT2D eigenvalue weighted by Gasteiger charge is 2.40. The molecule has 196 valence electrons. The molecule has 3 aromatic rings. The number of benzene rings is 2. The van der Waals surface area contributed by atoms with E-state index in [4.69, 9.17) is 4.42 Å². The van der Waals surface area contributed by atoms with Gasteiger partial charge in [0.25, 0.3) is 0 Å². The monoisotopic (exact) mass is 540 g/mol. The van der Waals surface area contributed by atoms with Crippen molar-refractivity contribution in [3.8, 4) is 0 Å². The second-order valence-corrected chi connectivity index (χ2v) is 9.54. The highest BCUT2D eigenvalue weighted by atomic mass is 32.2. The lowest BCUT2D eigenvalue weighted by molar-refractivity contribution is -0.137. The summed E-state index contributed by atoms with van der Waals surface area (Å²) in [6, 6.07) is 17.4. The average Bonchev–Trinajstić information content (AvgIpc) is 3.49. The largest absolute Gasteiger partial charge is 0.467 e. The fourth-order valence-corrected chi connectivity index (χ4v) is 4.69. The van der Waals surface area contributed by atoms with E-state index in [1.54, 1.807) is 18.3 Å². The van der Waals surface area contributed by atoms with Crippen LogP contribution in [0.2, 0.25) is 0 Å². The Balaban J connectivity index is 1.47. The smallest absolute Gasteiger partial charge is 0.416 e. The molecule has 0 radical (unpaired) electrons. The summed E-state index contributed by atoms with van der Waals surface area (Å²) < 4.78 is 44.3. The van der Waals surface area contributed by atoms with E-state index in [1.165, 1.54) is 23.3 Å². The predicted octanol–water partition coefficient (Wildman–Crippen LogP) is 6.22. The van der Waals surface area contributed by atoms with E-state index >= 15 is 0 Å². The van der Waals surface area contributed by atoms with Crippen molar-refractivity contribution in [3.05, 3.63) is 95.5 Å². The zero-order valence-electron chi connectivity index (χ0n) is 20.2. The number of nitrogens with one attached hydrogen (secondary N) is 1. The molecule has 1 saturated heterocycles. The molecular weight excluding hydrogens is 517 g/mol. The van der Waals surface area contributed by atoms with Crippen molar-refractivity contribution >= 4 is 46.7 Å². The summed E-state index contributed by atoms with van der Waals surface area (Å²) >= 11 is 1.06. The summed E-state index contributed by atoms with van der Waals surface area (Å²) in [7, 11) is 0. The van der Waals surface area contributed by atoms with Crippen LogP contribution in [-0.4, -0.2) is 33.3 Å². The van der Waals surface area contributed by atoms with Crippen LogP contribution in [0.1, 0.15) is 30.2 Å². The van der Waals surface area contributed by atoms with Gasteiger partial charge in [-0.25, -0.2) is 0 Å². The van der Waals surface area contributed by atoms with E-state index in [0.29, 0.717) is 5.76 Å². The molecule has 1 aliphatic heterocycles. The van der Waals surface area contributed by atoms with Crippen LogP contribution >= 0.6 is 11.8 Å². The molecule has 0 aliphatic carbocycles. The Bertz CT molecular complexity index is 1370. The number of rotatable bonds is 8. The number of allylic oxidation sites excluding steroid dienone is 1. The zero-order chi connectivity index (χ0) is 27.1. The Morgan fingerprint density at radius 2 is 1.92 bits per heavy atom. The number of amidine groups is 1.